The van der Waals surface area contributed by atoms with Crippen LogP contribution in [0.15, 0.2) is 23.1 Å². The minimum Gasteiger partial charge on any atom is -0.358 e. The van der Waals surface area contributed by atoms with E-state index in [-0.39, 0.29) is 35.3 Å². The van der Waals surface area contributed by atoms with E-state index >= 15 is 0 Å². The summed E-state index contributed by atoms with van der Waals surface area (Å²) in [7, 11) is -3.68. The maximum absolute atomic E-state index is 13.4. The minimum atomic E-state index is -3.68. The monoisotopic (exact) mass is 462 g/mol. The van der Waals surface area contributed by atoms with Gasteiger partial charge in [-0.05, 0) is 50.3 Å². The molecule has 1 N–H and O–H groups in total. The molecule has 2 amide bonds. The zero-order valence-electron chi connectivity index (χ0n) is 19.0. The second-order valence-corrected chi connectivity index (χ2v) is 10.9. The van der Waals surface area contributed by atoms with Crippen molar-refractivity contribution in [1.82, 2.24) is 9.62 Å². The van der Waals surface area contributed by atoms with Crippen LogP contribution in [0.2, 0.25) is 0 Å². The van der Waals surface area contributed by atoms with Gasteiger partial charge in [-0.15, -0.1) is 0 Å². The lowest BCUT2D eigenvalue weighted by atomic mass is 9.96. The molecule has 1 aromatic rings. The predicted octanol–water partition coefficient (Wildman–Crippen LogP) is 2.48. The number of hydrogen-bond acceptors (Lipinski definition) is 5. The Morgan fingerprint density at radius 2 is 1.75 bits per heavy atom. The van der Waals surface area contributed by atoms with Gasteiger partial charge in [0.1, 0.15) is 12.6 Å². The summed E-state index contributed by atoms with van der Waals surface area (Å²) in [4.78, 5) is 30.0. The highest BCUT2D eigenvalue weighted by molar-refractivity contribution is 7.89. The van der Waals surface area contributed by atoms with Gasteiger partial charge >= 0.3 is 0 Å². The lowest BCUT2D eigenvalue weighted by molar-refractivity contribution is -0.125. The van der Waals surface area contributed by atoms with E-state index in [1.165, 1.54) is 9.21 Å². The average Bonchev–Trinajstić information content (AvgIpc) is 3.30. The fraction of sp³-hybridized carbons (Fsp3) is 0.652. The summed E-state index contributed by atoms with van der Waals surface area (Å²) in [6, 6.07) is 4.89. The molecule has 1 atom stereocenters. The van der Waals surface area contributed by atoms with Crippen LogP contribution < -0.4 is 15.1 Å². The summed E-state index contributed by atoms with van der Waals surface area (Å²) in [6.45, 7) is 5.03. The Balaban J connectivity index is 1.70. The van der Waals surface area contributed by atoms with Gasteiger partial charge in [0.15, 0.2) is 0 Å². The van der Waals surface area contributed by atoms with Crippen LogP contribution in [-0.4, -0.2) is 62.8 Å². The standard InChI is InChI=1S/C23H34N4O4S/c1-3-25(4-2)32(30,31)18-12-13-19-21(15-18)27(16-22(28)24-17-9-5-6-10-17)23(29)20-11-7-8-14-26(19)20/h12-13,15,17,20H,3-11,14,16H2,1-2H3,(H,24,28)/t20-/m1/s1. The molecule has 0 bridgehead atoms. The van der Waals surface area contributed by atoms with Crippen LogP contribution in [0.5, 0.6) is 0 Å². The Morgan fingerprint density at radius 1 is 1.06 bits per heavy atom. The molecule has 0 spiro atoms. The zero-order chi connectivity index (χ0) is 22.9. The number of benzene rings is 1. The number of hydrogen-bond donors (Lipinski definition) is 1. The molecular weight excluding hydrogens is 428 g/mol. The molecule has 2 aliphatic heterocycles. The molecule has 32 heavy (non-hydrogen) atoms. The first-order valence-corrected chi connectivity index (χ1v) is 13.3. The smallest absolute Gasteiger partial charge is 0.250 e. The molecule has 176 valence electrons. The number of piperidine rings is 1. The number of rotatable bonds is 7. The third-order valence-electron chi connectivity index (χ3n) is 6.97. The van der Waals surface area contributed by atoms with E-state index in [0.29, 0.717) is 18.8 Å². The summed E-state index contributed by atoms with van der Waals surface area (Å²) < 4.78 is 27.7. The Kier molecular flexibility index (Phi) is 6.76. The van der Waals surface area contributed by atoms with Gasteiger partial charge in [0.25, 0.3) is 0 Å². The summed E-state index contributed by atoms with van der Waals surface area (Å²) in [5.41, 5.74) is 1.35. The van der Waals surface area contributed by atoms with Crippen LogP contribution in [0.25, 0.3) is 0 Å². The normalized spacial score (nSPS) is 21.6. The Morgan fingerprint density at radius 3 is 2.44 bits per heavy atom. The van der Waals surface area contributed by atoms with Crippen molar-refractivity contribution in [3.05, 3.63) is 18.2 Å². The molecule has 9 heteroatoms. The number of anilines is 2. The van der Waals surface area contributed by atoms with Crippen molar-refractivity contribution in [3.63, 3.8) is 0 Å². The first kappa shape index (κ1) is 23.0. The second kappa shape index (κ2) is 9.39. The molecule has 8 nitrogen and oxygen atoms in total. The molecule has 1 saturated carbocycles. The third-order valence-corrected chi connectivity index (χ3v) is 9.01. The lowest BCUT2D eigenvalue weighted by Crippen LogP contribution is -2.57. The van der Waals surface area contributed by atoms with E-state index in [2.05, 4.69) is 10.2 Å². The van der Waals surface area contributed by atoms with Crippen LogP contribution in [0.1, 0.15) is 58.8 Å². The van der Waals surface area contributed by atoms with Gasteiger partial charge in [0.05, 0.1) is 16.3 Å². The molecule has 1 saturated heterocycles. The predicted molar refractivity (Wildman–Crippen MR) is 124 cm³/mol. The summed E-state index contributed by atoms with van der Waals surface area (Å²) in [5.74, 6) is -0.298. The molecule has 1 aromatic carbocycles. The number of sulfonamides is 1. The van der Waals surface area contributed by atoms with Crippen LogP contribution in [0.4, 0.5) is 11.4 Å². The second-order valence-electron chi connectivity index (χ2n) is 8.92. The fourth-order valence-corrected chi connectivity index (χ4v) is 6.74. The fourth-order valence-electron chi connectivity index (χ4n) is 5.26. The molecule has 0 radical (unpaired) electrons. The van der Waals surface area contributed by atoms with Gasteiger partial charge in [-0.25, -0.2) is 8.42 Å². The van der Waals surface area contributed by atoms with Crippen LogP contribution in [0, 0.1) is 0 Å². The molecule has 3 aliphatic rings. The van der Waals surface area contributed by atoms with Crippen molar-refractivity contribution in [2.75, 3.05) is 36.0 Å². The van der Waals surface area contributed by atoms with Crippen LogP contribution in [-0.2, 0) is 19.6 Å². The van der Waals surface area contributed by atoms with E-state index in [0.717, 1.165) is 57.2 Å². The summed E-state index contributed by atoms with van der Waals surface area (Å²) >= 11 is 0. The number of nitrogens with zero attached hydrogens (tertiary/aromatic N) is 3. The van der Waals surface area contributed by atoms with Crippen molar-refractivity contribution in [2.24, 2.45) is 0 Å². The number of nitrogens with one attached hydrogen (secondary N) is 1. The maximum Gasteiger partial charge on any atom is 0.250 e. The first-order chi connectivity index (χ1) is 15.4. The molecule has 0 unspecified atom stereocenters. The highest BCUT2D eigenvalue weighted by atomic mass is 32.2. The highest BCUT2D eigenvalue weighted by Crippen LogP contribution is 2.41. The van der Waals surface area contributed by atoms with Crippen LogP contribution >= 0.6 is 0 Å². The summed E-state index contributed by atoms with van der Waals surface area (Å²) in [5, 5.41) is 3.06. The van der Waals surface area contributed by atoms with Crippen molar-refractivity contribution in [1.29, 1.82) is 0 Å². The van der Waals surface area contributed by atoms with Gasteiger partial charge < -0.3 is 10.2 Å². The number of carbonyl (C=O) groups is 2. The van der Waals surface area contributed by atoms with Crippen molar-refractivity contribution < 1.29 is 18.0 Å². The van der Waals surface area contributed by atoms with Gasteiger partial charge in [0.2, 0.25) is 21.8 Å². The van der Waals surface area contributed by atoms with Crippen molar-refractivity contribution >= 4 is 33.2 Å². The Bertz CT molecular complexity index is 970. The number of amides is 2. The molecule has 4 rings (SSSR count). The first-order valence-electron chi connectivity index (χ1n) is 11.9. The molecular formula is C23H34N4O4S. The highest BCUT2D eigenvalue weighted by Gasteiger charge is 2.41. The molecule has 2 heterocycles. The zero-order valence-corrected chi connectivity index (χ0v) is 19.9. The average molecular weight is 463 g/mol. The maximum atomic E-state index is 13.4. The third kappa shape index (κ3) is 4.24. The van der Waals surface area contributed by atoms with Gasteiger partial charge in [-0.3, -0.25) is 14.5 Å². The van der Waals surface area contributed by atoms with E-state index in [1.807, 2.05) is 0 Å². The van der Waals surface area contributed by atoms with E-state index in [1.54, 1.807) is 32.0 Å². The molecule has 1 aliphatic carbocycles. The van der Waals surface area contributed by atoms with Crippen molar-refractivity contribution in [2.45, 2.75) is 75.8 Å². The largest absolute Gasteiger partial charge is 0.358 e. The topological polar surface area (TPSA) is 90.0 Å². The Hall–Kier alpha value is -2.13. The Labute approximate surface area is 191 Å². The molecule has 2 fully saturated rings. The van der Waals surface area contributed by atoms with E-state index in [4.69, 9.17) is 0 Å². The lowest BCUT2D eigenvalue weighted by Gasteiger charge is -2.45. The van der Waals surface area contributed by atoms with E-state index < -0.39 is 10.0 Å². The summed E-state index contributed by atoms with van der Waals surface area (Å²) in [6.07, 6.45) is 6.88. The quantitative estimate of drug-likeness (QED) is 0.672. The SMILES string of the molecule is CCN(CC)S(=O)(=O)c1ccc2c(c1)N(CC(=O)NC1CCCC1)C(=O)[C@H]1CCCCN21. The number of carbonyl (C=O) groups excluding carboxylic acids is 2. The van der Waals surface area contributed by atoms with Gasteiger partial charge in [-0.1, -0.05) is 26.7 Å². The number of fused-ring (bicyclic) bond motifs is 3. The van der Waals surface area contributed by atoms with Gasteiger partial charge in [0, 0.05) is 25.7 Å². The molecule has 0 aromatic heterocycles. The van der Waals surface area contributed by atoms with E-state index in [9.17, 15) is 18.0 Å². The minimum absolute atomic E-state index is 0.0819. The van der Waals surface area contributed by atoms with Crippen molar-refractivity contribution in [3.8, 4) is 0 Å². The van der Waals surface area contributed by atoms with Gasteiger partial charge in [-0.2, -0.15) is 4.31 Å². The van der Waals surface area contributed by atoms with Crippen LogP contribution in [0.3, 0.4) is 0 Å².